The van der Waals surface area contributed by atoms with Gasteiger partial charge in [0.15, 0.2) is 0 Å². The number of carboxylic acids is 1. The third kappa shape index (κ3) is 1.91. The number of carbonyl (C=O) groups is 1. The lowest BCUT2D eigenvalue weighted by atomic mass is 9.95. The summed E-state index contributed by atoms with van der Waals surface area (Å²) in [5.74, 6) is -1.07. The Kier molecular flexibility index (Phi) is 3.15. The van der Waals surface area contributed by atoms with Crippen molar-refractivity contribution in [2.45, 2.75) is 5.92 Å². The summed E-state index contributed by atoms with van der Waals surface area (Å²) in [6.07, 6.45) is 0. The molecule has 0 fully saturated rings. The van der Waals surface area contributed by atoms with Gasteiger partial charge in [-0.05, 0) is 16.3 Å². The van der Waals surface area contributed by atoms with Gasteiger partial charge in [-0.1, -0.05) is 42.5 Å². The molecule has 0 aliphatic rings. The van der Waals surface area contributed by atoms with Gasteiger partial charge in [-0.15, -0.1) is 0 Å². The SMILES string of the molecule is O=C(O)[C@H](CS)c1cccc2ccccc12. The standard InChI is InChI=1S/C13H12O2S/c14-13(15)12(8-16)11-7-3-5-9-4-1-2-6-10(9)11/h1-7,12,16H,8H2,(H,14,15)/t12-/m1/s1. The molecule has 1 atom stereocenters. The fraction of sp³-hybridized carbons (Fsp3) is 0.154. The first-order chi connectivity index (χ1) is 7.74. The molecule has 2 rings (SSSR count). The number of fused-ring (bicyclic) bond motifs is 1. The summed E-state index contributed by atoms with van der Waals surface area (Å²) in [6.45, 7) is 0. The fourth-order valence-electron chi connectivity index (χ4n) is 1.86. The zero-order valence-electron chi connectivity index (χ0n) is 8.63. The van der Waals surface area contributed by atoms with Gasteiger partial charge in [0.05, 0.1) is 5.92 Å². The van der Waals surface area contributed by atoms with Crippen LogP contribution in [-0.2, 0) is 4.79 Å². The van der Waals surface area contributed by atoms with Crippen LogP contribution in [0.25, 0.3) is 10.8 Å². The van der Waals surface area contributed by atoms with Gasteiger partial charge in [-0.2, -0.15) is 12.6 Å². The van der Waals surface area contributed by atoms with Crippen LogP contribution < -0.4 is 0 Å². The van der Waals surface area contributed by atoms with Gasteiger partial charge in [0.1, 0.15) is 0 Å². The second kappa shape index (κ2) is 4.58. The third-order valence-electron chi connectivity index (χ3n) is 2.68. The van der Waals surface area contributed by atoms with Gasteiger partial charge >= 0.3 is 5.97 Å². The predicted octanol–water partition coefficient (Wildman–Crippen LogP) is 2.94. The molecule has 0 bridgehead atoms. The van der Waals surface area contributed by atoms with E-state index < -0.39 is 11.9 Å². The summed E-state index contributed by atoms with van der Waals surface area (Å²) in [6, 6.07) is 13.5. The fourth-order valence-corrected chi connectivity index (χ4v) is 2.22. The average Bonchev–Trinajstić information content (AvgIpc) is 2.30. The van der Waals surface area contributed by atoms with Crippen LogP contribution in [0.2, 0.25) is 0 Å². The van der Waals surface area contributed by atoms with Gasteiger partial charge in [0, 0.05) is 5.75 Å². The Morgan fingerprint density at radius 2 is 1.88 bits per heavy atom. The molecule has 0 saturated carbocycles. The highest BCUT2D eigenvalue weighted by Crippen LogP contribution is 2.26. The largest absolute Gasteiger partial charge is 0.481 e. The van der Waals surface area contributed by atoms with E-state index in [2.05, 4.69) is 12.6 Å². The highest BCUT2D eigenvalue weighted by atomic mass is 32.1. The van der Waals surface area contributed by atoms with Gasteiger partial charge < -0.3 is 5.11 Å². The molecule has 0 spiro atoms. The van der Waals surface area contributed by atoms with E-state index in [4.69, 9.17) is 5.11 Å². The van der Waals surface area contributed by atoms with Crippen LogP contribution >= 0.6 is 12.6 Å². The molecular formula is C13H12O2S. The van der Waals surface area contributed by atoms with E-state index in [9.17, 15) is 4.79 Å². The van der Waals surface area contributed by atoms with E-state index in [0.717, 1.165) is 16.3 Å². The molecule has 0 saturated heterocycles. The maximum atomic E-state index is 11.1. The molecule has 0 unspecified atom stereocenters. The van der Waals surface area contributed by atoms with Crippen molar-refractivity contribution in [3.05, 3.63) is 48.0 Å². The lowest BCUT2D eigenvalue weighted by Crippen LogP contribution is -2.13. The van der Waals surface area contributed by atoms with Crippen molar-refractivity contribution >= 4 is 29.4 Å². The minimum absolute atomic E-state index is 0.309. The summed E-state index contributed by atoms with van der Waals surface area (Å²) in [5, 5.41) is 11.2. The van der Waals surface area contributed by atoms with Crippen molar-refractivity contribution in [1.82, 2.24) is 0 Å². The number of benzene rings is 2. The van der Waals surface area contributed by atoms with Crippen LogP contribution in [0.3, 0.4) is 0 Å². The monoisotopic (exact) mass is 232 g/mol. The normalized spacial score (nSPS) is 12.6. The van der Waals surface area contributed by atoms with Crippen molar-refractivity contribution in [2.24, 2.45) is 0 Å². The van der Waals surface area contributed by atoms with E-state index >= 15 is 0 Å². The molecule has 3 heteroatoms. The second-order valence-electron chi connectivity index (χ2n) is 3.64. The third-order valence-corrected chi connectivity index (χ3v) is 3.04. The van der Waals surface area contributed by atoms with Crippen molar-refractivity contribution < 1.29 is 9.90 Å². The zero-order valence-corrected chi connectivity index (χ0v) is 9.52. The summed E-state index contributed by atoms with van der Waals surface area (Å²) < 4.78 is 0. The van der Waals surface area contributed by atoms with E-state index in [1.54, 1.807) is 0 Å². The van der Waals surface area contributed by atoms with Crippen molar-refractivity contribution in [3.8, 4) is 0 Å². The van der Waals surface area contributed by atoms with Gasteiger partial charge in [0.2, 0.25) is 0 Å². The lowest BCUT2D eigenvalue weighted by Gasteiger charge is -2.12. The molecule has 1 N–H and O–H groups in total. The molecular weight excluding hydrogens is 220 g/mol. The highest BCUT2D eigenvalue weighted by molar-refractivity contribution is 7.80. The quantitative estimate of drug-likeness (QED) is 0.798. The number of hydrogen-bond donors (Lipinski definition) is 2. The van der Waals surface area contributed by atoms with E-state index in [0.29, 0.717) is 5.75 Å². The van der Waals surface area contributed by atoms with Gasteiger partial charge in [-0.25, -0.2) is 0 Å². The van der Waals surface area contributed by atoms with E-state index in [1.807, 2.05) is 42.5 Å². The second-order valence-corrected chi connectivity index (χ2v) is 4.01. The van der Waals surface area contributed by atoms with Crippen molar-refractivity contribution in [1.29, 1.82) is 0 Å². The van der Waals surface area contributed by atoms with Crippen molar-refractivity contribution in [3.63, 3.8) is 0 Å². The Morgan fingerprint density at radius 1 is 1.19 bits per heavy atom. The predicted molar refractivity (Wildman–Crippen MR) is 68.2 cm³/mol. The van der Waals surface area contributed by atoms with Crippen LogP contribution in [0.15, 0.2) is 42.5 Å². The van der Waals surface area contributed by atoms with Gasteiger partial charge in [-0.3, -0.25) is 4.79 Å². The first-order valence-electron chi connectivity index (χ1n) is 5.05. The lowest BCUT2D eigenvalue weighted by molar-refractivity contribution is -0.138. The van der Waals surface area contributed by atoms with Crippen LogP contribution in [0, 0.1) is 0 Å². The number of hydrogen-bond acceptors (Lipinski definition) is 2. The summed E-state index contributed by atoms with van der Waals surface area (Å²) in [7, 11) is 0. The number of thiol groups is 1. The van der Waals surface area contributed by atoms with E-state index in [-0.39, 0.29) is 0 Å². The summed E-state index contributed by atoms with van der Waals surface area (Å²) in [4.78, 5) is 11.1. The number of rotatable bonds is 3. The van der Waals surface area contributed by atoms with Crippen LogP contribution in [-0.4, -0.2) is 16.8 Å². The zero-order chi connectivity index (χ0) is 11.5. The first kappa shape index (κ1) is 11.0. The molecule has 2 aromatic carbocycles. The molecule has 16 heavy (non-hydrogen) atoms. The number of carboxylic acid groups (broad SMARTS) is 1. The molecule has 0 aliphatic carbocycles. The van der Waals surface area contributed by atoms with Gasteiger partial charge in [0.25, 0.3) is 0 Å². The molecule has 0 aliphatic heterocycles. The van der Waals surface area contributed by atoms with Crippen LogP contribution in [0.4, 0.5) is 0 Å². The molecule has 0 heterocycles. The topological polar surface area (TPSA) is 37.3 Å². The Hall–Kier alpha value is -1.48. The molecule has 2 nitrogen and oxygen atoms in total. The Bertz CT molecular complexity index is 517. The maximum Gasteiger partial charge on any atom is 0.311 e. The van der Waals surface area contributed by atoms with Crippen LogP contribution in [0.5, 0.6) is 0 Å². The molecule has 0 radical (unpaired) electrons. The smallest absolute Gasteiger partial charge is 0.311 e. The maximum absolute atomic E-state index is 11.1. The van der Waals surface area contributed by atoms with Crippen molar-refractivity contribution in [2.75, 3.05) is 5.75 Å². The summed E-state index contributed by atoms with van der Waals surface area (Å²) in [5.41, 5.74) is 0.834. The molecule has 0 aromatic heterocycles. The van der Waals surface area contributed by atoms with E-state index in [1.165, 1.54) is 0 Å². The average molecular weight is 232 g/mol. The minimum atomic E-state index is -0.827. The Morgan fingerprint density at radius 3 is 2.56 bits per heavy atom. The molecule has 82 valence electrons. The highest BCUT2D eigenvalue weighted by Gasteiger charge is 2.19. The molecule has 2 aromatic rings. The Balaban J connectivity index is 2.63. The minimum Gasteiger partial charge on any atom is -0.481 e. The van der Waals surface area contributed by atoms with Crippen LogP contribution in [0.1, 0.15) is 11.5 Å². The number of aliphatic carboxylic acids is 1. The first-order valence-corrected chi connectivity index (χ1v) is 5.68. The molecule has 0 amide bonds. The Labute approximate surface area is 99.3 Å². The summed E-state index contributed by atoms with van der Waals surface area (Å²) >= 11 is 4.11.